The number of rotatable bonds is 4. The molecule has 0 bridgehead atoms. The van der Waals surface area contributed by atoms with Gasteiger partial charge in [0.1, 0.15) is 0 Å². The predicted molar refractivity (Wildman–Crippen MR) is 49.2 cm³/mol. The van der Waals surface area contributed by atoms with E-state index in [4.69, 9.17) is 0 Å². The molecule has 1 rings (SSSR count). The fourth-order valence-corrected chi connectivity index (χ4v) is 3.15. The van der Waals surface area contributed by atoms with Crippen LogP contribution < -0.4 is 4.72 Å². The summed E-state index contributed by atoms with van der Waals surface area (Å²) in [5.41, 5.74) is 0. The van der Waals surface area contributed by atoms with Crippen LogP contribution in [0.2, 0.25) is 0 Å². The Morgan fingerprint density at radius 2 is 1.92 bits per heavy atom. The summed E-state index contributed by atoms with van der Waals surface area (Å²) in [5, 5.41) is -0.135. The van der Waals surface area contributed by atoms with Gasteiger partial charge in [-0.05, 0) is 19.3 Å². The van der Waals surface area contributed by atoms with Gasteiger partial charge in [0.25, 0.3) is 0 Å². The molecule has 0 amide bonds. The molecule has 1 fully saturated rings. The van der Waals surface area contributed by atoms with E-state index in [0.717, 1.165) is 25.7 Å². The summed E-state index contributed by atoms with van der Waals surface area (Å²) in [6, 6.07) is 0. The molecule has 1 N–H and O–H groups in total. The quantitative estimate of drug-likeness (QED) is 0.721. The van der Waals surface area contributed by atoms with Gasteiger partial charge in [-0.3, -0.25) is 0 Å². The highest BCUT2D eigenvalue weighted by atomic mass is 32.2. The van der Waals surface area contributed by atoms with E-state index in [0.29, 0.717) is 13.0 Å². The molecule has 0 atom stereocenters. The minimum Gasteiger partial charge on any atom is -0.215 e. The van der Waals surface area contributed by atoms with Crippen molar-refractivity contribution in [2.24, 2.45) is 0 Å². The Balaban J connectivity index is 2.46. The van der Waals surface area contributed by atoms with Crippen molar-refractivity contribution in [3.05, 3.63) is 6.92 Å². The van der Waals surface area contributed by atoms with Crippen LogP contribution in [-0.2, 0) is 10.0 Å². The summed E-state index contributed by atoms with van der Waals surface area (Å²) < 4.78 is 25.5. The van der Waals surface area contributed by atoms with Gasteiger partial charge in [-0.1, -0.05) is 19.8 Å². The Bertz CT molecular complexity index is 217. The van der Waals surface area contributed by atoms with Crippen molar-refractivity contribution >= 4 is 10.0 Å². The molecule has 0 saturated heterocycles. The molecule has 71 valence electrons. The van der Waals surface area contributed by atoms with Gasteiger partial charge in [-0.15, -0.1) is 0 Å². The van der Waals surface area contributed by atoms with Crippen LogP contribution in [0, 0.1) is 6.92 Å². The van der Waals surface area contributed by atoms with E-state index in [9.17, 15) is 8.42 Å². The fourth-order valence-electron chi connectivity index (χ4n) is 1.53. The highest BCUT2D eigenvalue weighted by molar-refractivity contribution is 7.90. The van der Waals surface area contributed by atoms with Gasteiger partial charge in [0, 0.05) is 6.54 Å². The highest BCUT2D eigenvalue weighted by Crippen LogP contribution is 2.23. The first-order chi connectivity index (χ1) is 5.67. The van der Waals surface area contributed by atoms with Crippen LogP contribution >= 0.6 is 0 Å². The highest BCUT2D eigenvalue weighted by Gasteiger charge is 2.27. The van der Waals surface area contributed by atoms with Gasteiger partial charge in [0.2, 0.25) is 10.0 Å². The molecule has 1 radical (unpaired) electrons. The lowest BCUT2D eigenvalue weighted by Gasteiger charge is -2.10. The molecule has 4 heteroatoms. The molecule has 0 aromatic heterocycles. The first kappa shape index (κ1) is 9.99. The summed E-state index contributed by atoms with van der Waals surface area (Å²) in [7, 11) is -3.01. The topological polar surface area (TPSA) is 46.2 Å². The molecule has 0 unspecified atom stereocenters. The number of hydrogen-bond donors (Lipinski definition) is 1. The van der Waals surface area contributed by atoms with Crippen molar-refractivity contribution in [3.8, 4) is 0 Å². The van der Waals surface area contributed by atoms with Gasteiger partial charge in [-0.2, -0.15) is 0 Å². The summed E-state index contributed by atoms with van der Waals surface area (Å²) in [4.78, 5) is 0. The molecule has 1 aliphatic rings. The molecular formula is C8H16NO2S. The van der Waals surface area contributed by atoms with Crippen molar-refractivity contribution in [1.29, 1.82) is 0 Å². The molecule has 0 aromatic carbocycles. The zero-order valence-corrected chi connectivity index (χ0v) is 8.07. The SMILES string of the molecule is [CH2]CCNS(=O)(=O)C1CCCC1. The Morgan fingerprint density at radius 3 is 2.42 bits per heavy atom. The number of hydrogen-bond acceptors (Lipinski definition) is 2. The standard InChI is InChI=1S/C8H16NO2S/c1-2-7-9-12(10,11)8-5-3-4-6-8/h8-9H,1-7H2. The fraction of sp³-hybridized carbons (Fsp3) is 0.875. The van der Waals surface area contributed by atoms with E-state index in [1.165, 1.54) is 0 Å². The summed E-state index contributed by atoms with van der Waals surface area (Å²) in [6.07, 6.45) is 4.37. The normalized spacial score (nSPS) is 20.1. The first-order valence-electron chi connectivity index (χ1n) is 4.44. The largest absolute Gasteiger partial charge is 0.215 e. The smallest absolute Gasteiger partial charge is 0.214 e. The number of nitrogens with one attached hydrogen (secondary N) is 1. The van der Waals surface area contributed by atoms with Gasteiger partial charge in [0.05, 0.1) is 5.25 Å². The molecule has 12 heavy (non-hydrogen) atoms. The molecule has 1 saturated carbocycles. The third kappa shape index (κ3) is 2.45. The summed E-state index contributed by atoms with van der Waals surface area (Å²) >= 11 is 0. The van der Waals surface area contributed by atoms with Gasteiger partial charge < -0.3 is 0 Å². The lowest BCUT2D eigenvalue weighted by molar-refractivity contribution is 0.565. The van der Waals surface area contributed by atoms with Crippen LogP contribution in [-0.4, -0.2) is 20.2 Å². The van der Waals surface area contributed by atoms with E-state index in [-0.39, 0.29) is 5.25 Å². The summed E-state index contributed by atoms with van der Waals surface area (Å²) in [5.74, 6) is 0. The van der Waals surface area contributed by atoms with E-state index < -0.39 is 10.0 Å². The van der Waals surface area contributed by atoms with Crippen LogP contribution in [0.25, 0.3) is 0 Å². The van der Waals surface area contributed by atoms with Gasteiger partial charge in [-0.25, -0.2) is 13.1 Å². The molecule has 0 aromatic rings. The van der Waals surface area contributed by atoms with Crippen molar-refractivity contribution in [2.75, 3.05) is 6.54 Å². The third-order valence-electron chi connectivity index (χ3n) is 2.22. The molecule has 3 nitrogen and oxygen atoms in total. The Labute approximate surface area is 74.6 Å². The lowest BCUT2D eigenvalue weighted by Crippen LogP contribution is -2.33. The van der Waals surface area contributed by atoms with Crippen LogP contribution in [0.1, 0.15) is 32.1 Å². The van der Waals surface area contributed by atoms with E-state index in [1.54, 1.807) is 0 Å². The van der Waals surface area contributed by atoms with Crippen LogP contribution in [0.15, 0.2) is 0 Å². The van der Waals surface area contributed by atoms with E-state index >= 15 is 0 Å². The van der Waals surface area contributed by atoms with E-state index in [1.807, 2.05) is 0 Å². The maximum absolute atomic E-state index is 11.5. The minimum atomic E-state index is -3.01. The van der Waals surface area contributed by atoms with Gasteiger partial charge >= 0.3 is 0 Å². The molecule has 1 aliphatic carbocycles. The Hall–Kier alpha value is -0.0900. The lowest BCUT2D eigenvalue weighted by atomic mass is 10.4. The monoisotopic (exact) mass is 190 g/mol. The van der Waals surface area contributed by atoms with Crippen LogP contribution in [0.3, 0.4) is 0 Å². The average molecular weight is 190 g/mol. The van der Waals surface area contributed by atoms with Crippen molar-refractivity contribution in [3.63, 3.8) is 0 Å². The van der Waals surface area contributed by atoms with E-state index in [2.05, 4.69) is 11.6 Å². The Morgan fingerprint density at radius 1 is 1.33 bits per heavy atom. The van der Waals surface area contributed by atoms with Crippen LogP contribution in [0.5, 0.6) is 0 Å². The maximum Gasteiger partial charge on any atom is 0.214 e. The van der Waals surface area contributed by atoms with Crippen LogP contribution in [0.4, 0.5) is 0 Å². The Kier molecular flexibility index (Phi) is 3.53. The summed E-state index contributed by atoms with van der Waals surface area (Å²) in [6.45, 7) is 4.06. The third-order valence-corrected chi connectivity index (χ3v) is 4.18. The van der Waals surface area contributed by atoms with Crippen molar-refractivity contribution < 1.29 is 8.42 Å². The molecular weight excluding hydrogens is 174 g/mol. The molecule has 0 aliphatic heterocycles. The van der Waals surface area contributed by atoms with Crippen molar-refractivity contribution in [2.45, 2.75) is 37.4 Å². The first-order valence-corrected chi connectivity index (χ1v) is 5.99. The zero-order chi connectivity index (χ0) is 9.03. The second-order valence-electron chi connectivity index (χ2n) is 3.20. The van der Waals surface area contributed by atoms with Crippen molar-refractivity contribution in [1.82, 2.24) is 4.72 Å². The second kappa shape index (κ2) is 4.23. The average Bonchev–Trinajstić information content (AvgIpc) is 2.53. The number of sulfonamides is 1. The second-order valence-corrected chi connectivity index (χ2v) is 5.24. The van der Waals surface area contributed by atoms with Gasteiger partial charge in [0.15, 0.2) is 0 Å². The maximum atomic E-state index is 11.5. The molecule has 0 spiro atoms. The zero-order valence-electron chi connectivity index (χ0n) is 7.25. The predicted octanol–water partition coefficient (Wildman–Crippen LogP) is 1.07. The minimum absolute atomic E-state index is 0.135. The molecule has 0 heterocycles.